The summed E-state index contributed by atoms with van der Waals surface area (Å²) in [6, 6.07) is 6.05. The van der Waals surface area contributed by atoms with Crippen molar-refractivity contribution in [1.82, 2.24) is 4.98 Å². The zero-order valence-corrected chi connectivity index (χ0v) is 19.0. The molecular weight excluding hydrogens is 383 g/mol. The summed E-state index contributed by atoms with van der Waals surface area (Å²) in [6.45, 7) is 10.8. The summed E-state index contributed by atoms with van der Waals surface area (Å²) in [5.41, 5.74) is 10.5. The third-order valence-corrected chi connectivity index (χ3v) is 6.87. The lowest BCUT2D eigenvalue weighted by molar-refractivity contribution is 0.601. The standard InChI is InChI=1S/C28H29FN2/c1-15(2)27-18(5)31-28-24(27)11-19(13-25(28)29)22-8-9-26-23(22)12-20(14-30-26)21-7-6-16(3)10-17(21)4/h7-8,10-16,27H,6,9H2,1-5H3. The number of hydrogen-bond donors (Lipinski definition) is 0. The van der Waals surface area contributed by atoms with Gasteiger partial charge in [-0.05, 0) is 78.1 Å². The lowest BCUT2D eigenvalue weighted by Crippen LogP contribution is -2.11. The van der Waals surface area contributed by atoms with Gasteiger partial charge >= 0.3 is 0 Å². The second-order valence-electron chi connectivity index (χ2n) is 9.59. The van der Waals surface area contributed by atoms with E-state index in [-0.39, 0.29) is 11.7 Å². The molecule has 1 aromatic heterocycles. The molecule has 2 nitrogen and oxygen atoms in total. The Morgan fingerprint density at radius 3 is 2.58 bits per heavy atom. The molecule has 1 aliphatic heterocycles. The lowest BCUT2D eigenvalue weighted by atomic mass is 9.84. The van der Waals surface area contributed by atoms with Crippen LogP contribution in [0.2, 0.25) is 0 Å². The number of aliphatic imine (C=N–C) groups is 1. The first kappa shape index (κ1) is 20.1. The van der Waals surface area contributed by atoms with Crippen molar-refractivity contribution in [3.05, 3.63) is 82.0 Å². The molecule has 2 aromatic rings. The molecule has 2 heterocycles. The number of benzene rings is 1. The van der Waals surface area contributed by atoms with Crippen LogP contribution in [-0.2, 0) is 6.42 Å². The molecule has 0 radical (unpaired) electrons. The highest BCUT2D eigenvalue weighted by atomic mass is 19.1. The summed E-state index contributed by atoms with van der Waals surface area (Å²) in [5.74, 6) is 0.914. The summed E-state index contributed by atoms with van der Waals surface area (Å²) in [4.78, 5) is 9.33. The van der Waals surface area contributed by atoms with Crippen molar-refractivity contribution in [3.63, 3.8) is 0 Å². The molecule has 31 heavy (non-hydrogen) atoms. The molecule has 0 N–H and O–H groups in total. The minimum Gasteiger partial charge on any atom is -0.260 e. The molecule has 0 bridgehead atoms. The summed E-state index contributed by atoms with van der Waals surface area (Å²) < 4.78 is 15.1. The maximum Gasteiger partial charge on any atom is 0.149 e. The summed E-state index contributed by atoms with van der Waals surface area (Å²) >= 11 is 0. The first-order chi connectivity index (χ1) is 14.8. The summed E-state index contributed by atoms with van der Waals surface area (Å²) in [6.07, 6.45) is 10.7. The van der Waals surface area contributed by atoms with Crippen molar-refractivity contribution in [3.8, 4) is 0 Å². The van der Waals surface area contributed by atoms with E-state index in [9.17, 15) is 0 Å². The van der Waals surface area contributed by atoms with Crippen LogP contribution in [0.4, 0.5) is 10.1 Å². The van der Waals surface area contributed by atoms with Gasteiger partial charge in [0.25, 0.3) is 0 Å². The molecule has 2 aliphatic carbocycles. The van der Waals surface area contributed by atoms with Gasteiger partial charge in [0.2, 0.25) is 0 Å². The largest absolute Gasteiger partial charge is 0.260 e. The zero-order valence-electron chi connectivity index (χ0n) is 19.0. The van der Waals surface area contributed by atoms with E-state index >= 15 is 4.39 Å². The van der Waals surface area contributed by atoms with E-state index < -0.39 is 0 Å². The normalized spacial score (nSPS) is 22.0. The number of hydrogen-bond acceptors (Lipinski definition) is 2. The van der Waals surface area contributed by atoms with Crippen molar-refractivity contribution in [1.29, 1.82) is 0 Å². The third kappa shape index (κ3) is 3.31. The fourth-order valence-electron chi connectivity index (χ4n) is 5.46. The first-order valence-electron chi connectivity index (χ1n) is 11.3. The molecular formula is C28H29FN2. The molecule has 0 amide bonds. The average Bonchev–Trinajstić information content (AvgIpc) is 3.28. The van der Waals surface area contributed by atoms with Gasteiger partial charge in [-0.2, -0.15) is 0 Å². The Morgan fingerprint density at radius 1 is 1.03 bits per heavy atom. The third-order valence-electron chi connectivity index (χ3n) is 6.87. The minimum absolute atomic E-state index is 0.178. The van der Waals surface area contributed by atoms with Crippen LogP contribution in [0.3, 0.4) is 0 Å². The van der Waals surface area contributed by atoms with Crippen LogP contribution in [0, 0.1) is 17.7 Å². The van der Waals surface area contributed by atoms with Crippen LogP contribution >= 0.6 is 0 Å². The van der Waals surface area contributed by atoms with Gasteiger partial charge in [0.1, 0.15) is 11.5 Å². The first-order valence-corrected chi connectivity index (χ1v) is 11.3. The van der Waals surface area contributed by atoms with Crippen LogP contribution in [-0.4, -0.2) is 10.7 Å². The van der Waals surface area contributed by atoms with Gasteiger partial charge < -0.3 is 0 Å². The Balaban J connectivity index is 1.56. The SMILES string of the molecule is CC1=CC(C)CC=C1c1cnc2c(c1)C(c1cc(F)c3c(c1)C(C(C)C)C(C)=N3)=CC2. The molecule has 0 saturated carbocycles. The van der Waals surface area contributed by atoms with Crippen molar-refractivity contribution < 1.29 is 4.39 Å². The minimum atomic E-state index is -0.226. The molecule has 5 rings (SSSR count). The maximum absolute atomic E-state index is 15.1. The molecule has 1 aromatic carbocycles. The highest BCUT2D eigenvalue weighted by Crippen LogP contribution is 2.44. The van der Waals surface area contributed by atoms with Crippen molar-refractivity contribution in [2.24, 2.45) is 16.8 Å². The second-order valence-corrected chi connectivity index (χ2v) is 9.59. The van der Waals surface area contributed by atoms with Crippen molar-refractivity contribution >= 4 is 22.5 Å². The average molecular weight is 413 g/mol. The van der Waals surface area contributed by atoms with Crippen molar-refractivity contribution in [2.75, 3.05) is 0 Å². The Morgan fingerprint density at radius 2 is 1.84 bits per heavy atom. The van der Waals surface area contributed by atoms with E-state index in [1.807, 2.05) is 13.1 Å². The molecule has 2 atom stereocenters. The van der Waals surface area contributed by atoms with Gasteiger partial charge in [-0.25, -0.2) is 4.39 Å². The Labute approximate surface area is 184 Å². The Bertz CT molecular complexity index is 1210. The smallest absolute Gasteiger partial charge is 0.149 e. The number of fused-ring (bicyclic) bond motifs is 2. The molecule has 0 spiro atoms. The summed E-state index contributed by atoms with van der Waals surface area (Å²) in [7, 11) is 0. The number of pyridine rings is 1. The van der Waals surface area contributed by atoms with Crippen LogP contribution in [0.15, 0.2) is 53.2 Å². The molecule has 2 unspecified atom stereocenters. The monoisotopic (exact) mass is 412 g/mol. The Kier molecular flexibility index (Phi) is 4.80. The quantitative estimate of drug-likeness (QED) is 0.515. The van der Waals surface area contributed by atoms with Crippen LogP contribution < -0.4 is 0 Å². The molecule has 3 heteroatoms. The number of rotatable bonds is 3. The van der Waals surface area contributed by atoms with E-state index in [2.05, 4.69) is 63.0 Å². The maximum atomic E-state index is 15.1. The predicted octanol–water partition coefficient (Wildman–Crippen LogP) is 7.42. The van der Waals surface area contributed by atoms with E-state index in [1.165, 1.54) is 11.1 Å². The predicted molar refractivity (Wildman–Crippen MR) is 127 cm³/mol. The van der Waals surface area contributed by atoms with E-state index in [0.717, 1.165) is 52.1 Å². The van der Waals surface area contributed by atoms with Gasteiger partial charge in [-0.1, -0.05) is 39.0 Å². The van der Waals surface area contributed by atoms with Gasteiger partial charge in [-0.3, -0.25) is 9.98 Å². The zero-order chi connectivity index (χ0) is 21.9. The molecule has 0 saturated heterocycles. The van der Waals surface area contributed by atoms with Crippen LogP contribution in [0.5, 0.6) is 0 Å². The van der Waals surface area contributed by atoms with Gasteiger partial charge in [0, 0.05) is 35.4 Å². The van der Waals surface area contributed by atoms with Gasteiger partial charge in [-0.15, -0.1) is 0 Å². The molecule has 158 valence electrons. The highest BCUT2D eigenvalue weighted by molar-refractivity contribution is 5.98. The topological polar surface area (TPSA) is 25.2 Å². The number of allylic oxidation sites excluding steroid dienone is 5. The number of halogens is 1. The van der Waals surface area contributed by atoms with Gasteiger partial charge in [0.15, 0.2) is 0 Å². The van der Waals surface area contributed by atoms with Crippen molar-refractivity contribution in [2.45, 2.75) is 53.4 Å². The molecule has 3 aliphatic rings. The van der Waals surface area contributed by atoms with E-state index in [0.29, 0.717) is 17.5 Å². The second kappa shape index (κ2) is 7.40. The van der Waals surface area contributed by atoms with Crippen LogP contribution in [0.25, 0.3) is 11.1 Å². The van der Waals surface area contributed by atoms with Crippen LogP contribution in [0.1, 0.15) is 74.9 Å². The number of nitrogens with zero attached hydrogens (tertiary/aromatic N) is 2. The summed E-state index contributed by atoms with van der Waals surface area (Å²) in [5, 5.41) is 0. The lowest BCUT2D eigenvalue weighted by Gasteiger charge is -2.19. The Hall–Kier alpha value is -2.81. The van der Waals surface area contributed by atoms with E-state index in [1.54, 1.807) is 6.07 Å². The molecule has 0 fully saturated rings. The fraction of sp³-hybridized carbons (Fsp3) is 0.357. The number of aromatic nitrogens is 1. The van der Waals surface area contributed by atoms with E-state index in [4.69, 9.17) is 4.98 Å². The van der Waals surface area contributed by atoms with Gasteiger partial charge in [0.05, 0.1) is 5.69 Å². The fourth-order valence-corrected chi connectivity index (χ4v) is 5.46. The highest BCUT2D eigenvalue weighted by Gasteiger charge is 2.31.